The zero-order valence-electron chi connectivity index (χ0n) is 15.3. The molecule has 1 amide bonds. The van der Waals surface area contributed by atoms with E-state index in [9.17, 15) is 9.59 Å². The summed E-state index contributed by atoms with van der Waals surface area (Å²) in [4.78, 5) is 27.3. The predicted octanol–water partition coefficient (Wildman–Crippen LogP) is 3.03. The van der Waals surface area contributed by atoms with Crippen LogP contribution in [0.15, 0.2) is 60.7 Å². The molecule has 0 bridgehead atoms. The first kappa shape index (κ1) is 19.7. The van der Waals surface area contributed by atoms with Crippen LogP contribution in [0, 0.1) is 0 Å². The van der Waals surface area contributed by atoms with Crippen LogP contribution >= 0.6 is 0 Å². The molecular weight excluding hydrogens is 328 g/mol. The SMILES string of the molecule is CCCN(CC(=O)O)CC(=O)N(C)C(c1ccccc1)c1ccccc1. The standard InChI is InChI=1S/C21H26N2O3/c1-3-14-23(16-20(25)26)15-19(24)22(2)21(17-10-6-4-7-11-17)18-12-8-5-9-13-18/h4-13,21H,3,14-16H2,1-2H3,(H,25,26). The Morgan fingerprint density at radius 2 is 1.42 bits per heavy atom. The van der Waals surface area contributed by atoms with Crippen molar-refractivity contribution in [3.05, 3.63) is 71.8 Å². The van der Waals surface area contributed by atoms with Gasteiger partial charge in [0.25, 0.3) is 0 Å². The molecule has 2 rings (SSSR count). The maximum absolute atomic E-state index is 12.9. The molecule has 0 fully saturated rings. The lowest BCUT2D eigenvalue weighted by molar-refractivity contribution is -0.139. The minimum atomic E-state index is -0.920. The third-order valence-electron chi connectivity index (χ3n) is 4.27. The Morgan fingerprint density at radius 3 is 1.85 bits per heavy atom. The second-order valence-electron chi connectivity index (χ2n) is 6.33. The quantitative estimate of drug-likeness (QED) is 0.752. The predicted molar refractivity (Wildman–Crippen MR) is 102 cm³/mol. The summed E-state index contributed by atoms with van der Waals surface area (Å²) in [6.45, 7) is 2.51. The number of carboxylic acids is 1. The molecule has 0 radical (unpaired) electrons. The third-order valence-corrected chi connectivity index (χ3v) is 4.27. The van der Waals surface area contributed by atoms with Gasteiger partial charge in [-0.05, 0) is 24.1 Å². The highest BCUT2D eigenvalue weighted by atomic mass is 16.4. The number of carbonyl (C=O) groups is 2. The van der Waals surface area contributed by atoms with Crippen molar-refractivity contribution >= 4 is 11.9 Å². The molecule has 138 valence electrons. The van der Waals surface area contributed by atoms with Gasteiger partial charge in [0.1, 0.15) is 0 Å². The van der Waals surface area contributed by atoms with Gasteiger partial charge in [0.2, 0.25) is 5.91 Å². The van der Waals surface area contributed by atoms with Gasteiger partial charge in [-0.2, -0.15) is 0 Å². The Morgan fingerprint density at radius 1 is 0.923 bits per heavy atom. The number of carboxylic acid groups (broad SMARTS) is 1. The molecule has 0 unspecified atom stereocenters. The van der Waals surface area contributed by atoms with Gasteiger partial charge >= 0.3 is 5.97 Å². The molecule has 0 aliphatic heterocycles. The second kappa shape index (κ2) is 9.73. The number of carbonyl (C=O) groups excluding carboxylic acids is 1. The first-order valence-electron chi connectivity index (χ1n) is 8.82. The van der Waals surface area contributed by atoms with E-state index in [1.807, 2.05) is 67.6 Å². The van der Waals surface area contributed by atoms with E-state index in [-0.39, 0.29) is 25.0 Å². The molecule has 5 heteroatoms. The molecule has 0 spiro atoms. The first-order chi connectivity index (χ1) is 12.5. The smallest absolute Gasteiger partial charge is 0.317 e. The van der Waals surface area contributed by atoms with Crippen LogP contribution in [-0.2, 0) is 9.59 Å². The molecular formula is C21H26N2O3. The van der Waals surface area contributed by atoms with Gasteiger partial charge < -0.3 is 10.0 Å². The lowest BCUT2D eigenvalue weighted by Gasteiger charge is -2.31. The maximum Gasteiger partial charge on any atom is 0.317 e. The molecule has 0 saturated carbocycles. The van der Waals surface area contributed by atoms with Crippen LogP contribution in [0.3, 0.4) is 0 Å². The summed E-state index contributed by atoms with van der Waals surface area (Å²) < 4.78 is 0. The van der Waals surface area contributed by atoms with Crippen LogP contribution < -0.4 is 0 Å². The van der Waals surface area contributed by atoms with Gasteiger partial charge in [0, 0.05) is 7.05 Å². The molecule has 0 aliphatic rings. The molecule has 2 aromatic carbocycles. The van der Waals surface area contributed by atoms with Gasteiger partial charge in [-0.1, -0.05) is 67.6 Å². The van der Waals surface area contributed by atoms with E-state index in [2.05, 4.69) is 0 Å². The number of hydrogen-bond acceptors (Lipinski definition) is 3. The number of aliphatic carboxylic acids is 1. The van der Waals surface area contributed by atoms with Crippen LogP contribution in [0.4, 0.5) is 0 Å². The van der Waals surface area contributed by atoms with Crippen molar-refractivity contribution in [1.82, 2.24) is 9.80 Å². The Balaban J connectivity index is 2.24. The highest BCUT2D eigenvalue weighted by Crippen LogP contribution is 2.27. The Kier molecular flexibility index (Phi) is 7.36. The summed E-state index contributed by atoms with van der Waals surface area (Å²) in [5.74, 6) is -1.02. The molecule has 5 nitrogen and oxygen atoms in total. The normalized spacial score (nSPS) is 10.9. The Labute approximate surface area is 154 Å². The van der Waals surface area contributed by atoms with Gasteiger partial charge in [0.05, 0.1) is 19.1 Å². The van der Waals surface area contributed by atoms with E-state index in [0.717, 1.165) is 17.5 Å². The monoisotopic (exact) mass is 354 g/mol. The van der Waals surface area contributed by atoms with Crippen molar-refractivity contribution in [1.29, 1.82) is 0 Å². The summed E-state index contributed by atoms with van der Waals surface area (Å²) in [7, 11) is 1.78. The molecule has 0 heterocycles. The highest BCUT2D eigenvalue weighted by molar-refractivity contribution is 5.80. The van der Waals surface area contributed by atoms with E-state index in [4.69, 9.17) is 5.11 Å². The summed E-state index contributed by atoms with van der Waals surface area (Å²) in [6, 6.07) is 19.5. The number of amides is 1. The fourth-order valence-electron chi connectivity index (χ4n) is 3.08. The molecule has 0 aromatic heterocycles. The largest absolute Gasteiger partial charge is 0.480 e. The second-order valence-corrected chi connectivity index (χ2v) is 6.33. The number of hydrogen-bond donors (Lipinski definition) is 1. The third kappa shape index (κ3) is 5.43. The average molecular weight is 354 g/mol. The van der Waals surface area contributed by atoms with Crippen LogP contribution in [0.1, 0.15) is 30.5 Å². The molecule has 26 heavy (non-hydrogen) atoms. The lowest BCUT2D eigenvalue weighted by atomic mass is 9.97. The van der Waals surface area contributed by atoms with Crippen molar-refractivity contribution in [3.8, 4) is 0 Å². The topological polar surface area (TPSA) is 60.9 Å². The number of nitrogens with zero attached hydrogens (tertiary/aromatic N) is 2. The summed E-state index contributed by atoms with van der Waals surface area (Å²) >= 11 is 0. The van der Waals surface area contributed by atoms with Gasteiger partial charge in [-0.3, -0.25) is 14.5 Å². The minimum absolute atomic E-state index is 0.0901. The summed E-state index contributed by atoms with van der Waals surface area (Å²) in [5.41, 5.74) is 2.05. The van der Waals surface area contributed by atoms with Crippen molar-refractivity contribution in [2.45, 2.75) is 19.4 Å². The fourth-order valence-corrected chi connectivity index (χ4v) is 3.08. The number of rotatable bonds is 9. The minimum Gasteiger partial charge on any atom is -0.480 e. The van der Waals surface area contributed by atoms with E-state index >= 15 is 0 Å². The van der Waals surface area contributed by atoms with E-state index in [1.165, 1.54) is 0 Å². The lowest BCUT2D eigenvalue weighted by Crippen LogP contribution is -2.42. The average Bonchev–Trinajstić information content (AvgIpc) is 2.63. The maximum atomic E-state index is 12.9. The molecule has 0 atom stereocenters. The number of benzene rings is 2. The Bertz CT molecular complexity index is 664. The van der Waals surface area contributed by atoms with Crippen LogP contribution in [0.5, 0.6) is 0 Å². The van der Waals surface area contributed by atoms with Crippen LogP contribution in [-0.4, -0.2) is 53.5 Å². The number of likely N-dealkylation sites (N-methyl/N-ethyl adjacent to an activating group) is 1. The summed E-state index contributed by atoms with van der Waals surface area (Å²) in [6.07, 6.45) is 0.797. The van der Waals surface area contributed by atoms with Crippen LogP contribution in [0.2, 0.25) is 0 Å². The zero-order chi connectivity index (χ0) is 18.9. The van der Waals surface area contributed by atoms with Crippen molar-refractivity contribution < 1.29 is 14.7 Å². The van der Waals surface area contributed by atoms with Crippen molar-refractivity contribution in [3.63, 3.8) is 0 Å². The van der Waals surface area contributed by atoms with E-state index in [0.29, 0.717) is 6.54 Å². The molecule has 2 aromatic rings. The van der Waals surface area contributed by atoms with Crippen molar-refractivity contribution in [2.75, 3.05) is 26.7 Å². The fraction of sp³-hybridized carbons (Fsp3) is 0.333. The molecule has 0 saturated heterocycles. The van der Waals surface area contributed by atoms with Gasteiger partial charge in [-0.15, -0.1) is 0 Å². The van der Waals surface area contributed by atoms with E-state index in [1.54, 1.807) is 16.8 Å². The zero-order valence-corrected chi connectivity index (χ0v) is 15.3. The van der Waals surface area contributed by atoms with E-state index < -0.39 is 5.97 Å². The summed E-state index contributed by atoms with van der Waals surface area (Å²) in [5, 5.41) is 9.06. The Hall–Kier alpha value is -2.66. The molecule has 0 aliphatic carbocycles. The van der Waals surface area contributed by atoms with Gasteiger partial charge in [-0.25, -0.2) is 0 Å². The molecule has 1 N–H and O–H groups in total. The van der Waals surface area contributed by atoms with Gasteiger partial charge in [0.15, 0.2) is 0 Å². The highest BCUT2D eigenvalue weighted by Gasteiger charge is 2.25. The first-order valence-corrected chi connectivity index (χ1v) is 8.82. The van der Waals surface area contributed by atoms with Crippen LogP contribution in [0.25, 0.3) is 0 Å². The van der Waals surface area contributed by atoms with Crippen molar-refractivity contribution in [2.24, 2.45) is 0 Å².